The van der Waals surface area contributed by atoms with Gasteiger partial charge in [0, 0.05) is 24.6 Å². The maximum Gasteiger partial charge on any atom is 0.240 e. The summed E-state index contributed by atoms with van der Waals surface area (Å²) >= 11 is 0. The van der Waals surface area contributed by atoms with Gasteiger partial charge in [-0.05, 0) is 48.0 Å². The molecule has 1 aliphatic heterocycles. The Kier molecular flexibility index (Phi) is 8.71. The number of benzene rings is 3. The first-order chi connectivity index (χ1) is 18.2. The molecule has 0 bridgehead atoms. The Bertz CT molecular complexity index is 1500. The van der Waals surface area contributed by atoms with Crippen LogP contribution >= 0.6 is 0 Å². The average Bonchev–Trinajstić information content (AvgIpc) is 2.91. The van der Waals surface area contributed by atoms with Gasteiger partial charge >= 0.3 is 0 Å². The van der Waals surface area contributed by atoms with E-state index in [9.17, 15) is 16.8 Å². The van der Waals surface area contributed by atoms with Gasteiger partial charge < -0.3 is 4.74 Å². The van der Waals surface area contributed by atoms with E-state index in [0.29, 0.717) is 30.0 Å². The lowest BCUT2D eigenvalue weighted by Crippen LogP contribution is -2.48. The van der Waals surface area contributed by atoms with E-state index in [-0.39, 0.29) is 17.2 Å². The molecule has 0 radical (unpaired) electrons. The molecule has 0 aliphatic carbocycles. The van der Waals surface area contributed by atoms with Crippen LogP contribution in [0.4, 0.5) is 0 Å². The Balaban J connectivity index is 1.63. The molecule has 1 unspecified atom stereocenters. The van der Waals surface area contributed by atoms with E-state index in [4.69, 9.17) is 4.74 Å². The number of likely N-dealkylation sites (N-methyl/N-ethyl adjacent to an activating group) is 1. The molecule has 0 saturated carbocycles. The fourth-order valence-electron chi connectivity index (χ4n) is 4.27. The van der Waals surface area contributed by atoms with Crippen LogP contribution in [0.25, 0.3) is 0 Å². The molecule has 4 rings (SSSR count). The second-order valence-electron chi connectivity index (χ2n) is 9.09. The monoisotopic (exact) mass is 552 g/mol. The summed E-state index contributed by atoms with van der Waals surface area (Å²) in [6, 6.07) is 23.6. The van der Waals surface area contributed by atoms with E-state index < -0.39 is 26.0 Å². The highest BCUT2D eigenvalue weighted by molar-refractivity contribution is 7.90. The van der Waals surface area contributed by atoms with Gasteiger partial charge in [0.05, 0.1) is 10.6 Å². The number of rotatable bonds is 11. The molecule has 0 N–H and O–H groups in total. The number of ether oxygens (including phenoxy) is 1. The molecule has 0 aromatic heterocycles. The summed E-state index contributed by atoms with van der Waals surface area (Å²) in [7, 11) is -7.14. The lowest BCUT2D eigenvalue weighted by Gasteiger charge is -2.37. The number of nitrogens with zero attached hydrogens (tertiary/aromatic N) is 2. The van der Waals surface area contributed by atoms with Crippen molar-refractivity contribution < 1.29 is 21.6 Å². The van der Waals surface area contributed by atoms with Crippen molar-refractivity contribution in [2.24, 2.45) is 0 Å². The molecule has 200 valence electrons. The van der Waals surface area contributed by atoms with Crippen molar-refractivity contribution in [1.82, 2.24) is 9.21 Å². The van der Waals surface area contributed by atoms with E-state index in [1.165, 1.54) is 16.6 Å². The maximum absolute atomic E-state index is 13.5. The van der Waals surface area contributed by atoms with E-state index in [1.807, 2.05) is 72.5 Å². The summed E-state index contributed by atoms with van der Waals surface area (Å²) < 4.78 is 59.1. The second kappa shape index (κ2) is 12.0. The van der Waals surface area contributed by atoms with Gasteiger partial charge in [-0.25, -0.2) is 16.8 Å². The van der Waals surface area contributed by atoms with Crippen LogP contribution < -0.4 is 4.74 Å². The zero-order chi connectivity index (χ0) is 27.2. The Morgan fingerprint density at radius 2 is 1.53 bits per heavy atom. The zero-order valence-corrected chi connectivity index (χ0v) is 23.1. The SMILES string of the molecule is CCN(Cc1cc(S(C)(=O)=O)ccc1OCc1ccccc1)C1C=CC=CN1S(=O)(=O)Cc1ccccc1. The van der Waals surface area contributed by atoms with Crippen LogP contribution in [-0.2, 0) is 38.8 Å². The molecular formula is C29H32N2O5S2. The third-order valence-corrected chi connectivity index (χ3v) is 9.04. The Morgan fingerprint density at radius 1 is 0.868 bits per heavy atom. The van der Waals surface area contributed by atoms with Gasteiger partial charge in [-0.15, -0.1) is 0 Å². The molecule has 0 spiro atoms. The Hall–Kier alpha value is -3.40. The van der Waals surface area contributed by atoms with Crippen molar-refractivity contribution in [3.8, 4) is 5.75 Å². The third-order valence-electron chi connectivity index (χ3n) is 6.25. The van der Waals surface area contributed by atoms with Gasteiger partial charge in [0.15, 0.2) is 9.84 Å². The summed E-state index contributed by atoms with van der Waals surface area (Å²) in [5.74, 6) is 0.420. The number of sulfone groups is 1. The lowest BCUT2D eigenvalue weighted by molar-refractivity contribution is 0.157. The molecule has 0 saturated heterocycles. The molecule has 1 atom stereocenters. The third kappa shape index (κ3) is 6.92. The maximum atomic E-state index is 13.5. The molecular weight excluding hydrogens is 520 g/mol. The largest absolute Gasteiger partial charge is 0.489 e. The summed E-state index contributed by atoms with van der Waals surface area (Å²) in [4.78, 5) is 2.16. The standard InChI is InChI=1S/C29H32N2O5S2/c1-3-30(29-16-10-11-19-31(29)38(34,35)23-25-14-8-5-9-15-25)21-26-20-27(37(2,32)33)17-18-28(26)36-22-24-12-6-4-7-13-24/h4-20,29H,3,21-23H2,1-2H3. The minimum Gasteiger partial charge on any atom is -0.489 e. The fourth-order valence-corrected chi connectivity index (χ4v) is 6.49. The molecule has 38 heavy (non-hydrogen) atoms. The number of hydrogen-bond acceptors (Lipinski definition) is 6. The molecule has 1 heterocycles. The highest BCUT2D eigenvalue weighted by Crippen LogP contribution is 2.28. The van der Waals surface area contributed by atoms with Gasteiger partial charge in [-0.3, -0.25) is 9.21 Å². The van der Waals surface area contributed by atoms with Gasteiger partial charge in [0.1, 0.15) is 18.5 Å². The molecule has 3 aromatic rings. The van der Waals surface area contributed by atoms with Crippen molar-refractivity contribution >= 4 is 19.9 Å². The molecule has 0 amide bonds. The van der Waals surface area contributed by atoms with Crippen molar-refractivity contribution in [3.63, 3.8) is 0 Å². The summed E-state index contributed by atoms with van der Waals surface area (Å²) in [6.07, 6.45) is 7.51. The van der Waals surface area contributed by atoms with Gasteiger partial charge in [0.2, 0.25) is 10.0 Å². The number of hydrogen-bond donors (Lipinski definition) is 0. The minimum absolute atomic E-state index is 0.130. The first-order valence-electron chi connectivity index (χ1n) is 12.3. The first-order valence-corrected chi connectivity index (χ1v) is 15.8. The van der Waals surface area contributed by atoms with Crippen molar-refractivity contribution in [1.29, 1.82) is 0 Å². The highest BCUT2D eigenvalue weighted by Gasteiger charge is 2.31. The first kappa shape index (κ1) is 27.6. The lowest BCUT2D eigenvalue weighted by atomic mass is 10.1. The molecule has 9 heteroatoms. The predicted octanol–water partition coefficient (Wildman–Crippen LogP) is 4.73. The minimum atomic E-state index is -3.69. The van der Waals surface area contributed by atoms with Crippen LogP contribution in [0.1, 0.15) is 23.6 Å². The van der Waals surface area contributed by atoms with Gasteiger partial charge in [-0.2, -0.15) is 0 Å². The van der Waals surface area contributed by atoms with Gasteiger partial charge in [0.25, 0.3) is 0 Å². The predicted molar refractivity (Wildman–Crippen MR) is 149 cm³/mol. The summed E-state index contributed by atoms with van der Waals surface area (Å²) in [5, 5.41) is 0. The Labute approximate surface area is 225 Å². The average molecular weight is 553 g/mol. The normalized spacial score (nSPS) is 15.7. The van der Waals surface area contributed by atoms with Crippen LogP contribution in [0.2, 0.25) is 0 Å². The van der Waals surface area contributed by atoms with Crippen LogP contribution in [0.3, 0.4) is 0 Å². The van der Waals surface area contributed by atoms with Gasteiger partial charge in [-0.1, -0.05) is 73.7 Å². The van der Waals surface area contributed by atoms with Crippen LogP contribution in [0, 0.1) is 0 Å². The molecule has 3 aromatic carbocycles. The molecule has 7 nitrogen and oxygen atoms in total. The number of allylic oxidation sites excluding steroid dienone is 2. The topological polar surface area (TPSA) is 84.0 Å². The van der Waals surface area contributed by atoms with Crippen LogP contribution in [-0.4, -0.2) is 45.0 Å². The van der Waals surface area contributed by atoms with E-state index >= 15 is 0 Å². The van der Waals surface area contributed by atoms with E-state index in [0.717, 1.165) is 5.56 Å². The van der Waals surface area contributed by atoms with Crippen LogP contribution in [0.15, 0.2) is 108 Å². The molecule has 1 aliphatic rings. The second-order valence-corrected chi connectivity index (χ2v) is 13.0. The fraction of sp³-hybridized carbons (Fsp3) is 0.241. The summed E-state index contributed by atoms with van der Waals surface area (Å²) in [5.41, 5.74) is 2.35. The van der Waals surface area contributed by atoms with Crippen molar-refractivity contribution in [3.05, 3.63) is 120 Å². The quantitative estimate of drug-likeness (QED) is 0.342. The van der Waals surface area contributed by atoms with Crippen LogP contribution in [0.5, 0.6) is 5.75 Å². The van der Waals surface area contributed by atoms with Crippen molar-refractivity contribution in [2.75, 3.05) is 12.8 Å². The summed E-state index contributed by atoms with van der Waals surface area (Å²) in [6.45, 7) is 3.06. The highest BCUT2D eigenvalue weighted by atomic mass is 32.2. The zero-order valence-electron chi connectivity index (χ0n) is 21.5. The molecule has 0 fully saturated rings. The number of sulfonamides is 1. The van der Waals surface area contributed by atoms with E-state index in [2.05, 4.69) is 0 Å². The smallest absolute Gasteiger partial charge is 0.240 e. The van der Waals surface area contributed by atoms with Crippen molar-refractivity contribution in [2.45, 2.75) is 36.9 Å². The van der Waals surface area contributed by atoms with E-state index in [1.54, 1.807) is 36.5 Å². The Morgan fingerprint density at radius 3 is 2.16 bits per heavy atom.